The third-order valence-electron chi connectivity index (χ3n) is 3.20. The number of esters is 1. The third kappa shape index (κ3) is 3.96. The Hall–Kier alpha value is -1.55. The highest BCUT2D eigenvalue weighted by Gasteiger charge is 2.25. The molecule has 0 amide bonds. The lowest BCUT2D eigenvalue weighted by molar-refractivity contribution is -0.144. The first kappa shape index (κ1) is 15.5. The van der Waals surface area contributed by atoms with Gasteiger partial charge in [0.25, 0.3) is 0 Å². The van der Waals surface area contributed by atoms with E-state index in [0.717, 1.165) is 11.1 Å². The zero-order valence-corrected chi connectivity index (χ0v) is 12.2. The molecule has 0 aliphatic heterocycles. The van der Waals surface area contributed by atoms with Crippen molar-refractivity contribution in [2.45, 2.75) is 39.8 Å². The Bertz CT molecular complexity index is 443. The lowest BCUT2D eigenvalue weighted by Gasteiger charge is -2.25. The molecule has 0 saturated carbocycles. The molecule has 0 fully saturated rings. The van der Waals surface area contributed by atoms with Gasteiger partial charge >= 0.3 is 5.97 Å². The first-order valence-corrected chi connectivity index (χ1v) is 6.50. The zero-order chi connectivity index (χ0) is 14.6. The number of nitrogens with one attached hydrogen (secondary N) is 1. The fourth-order valence-corrected chi connectivity index (χ4v) is 2.04. The highest BCUT2D eigenvalue weighted by Crippen LogP contribution is 2.26. The standard InChI is InChI=1S/C15H23NO3/c1-9(2)14(15(18)19-5)16-11(4)12-8-10(3)6-7-13(12)17/h6-9,11,14,16-17H,1-5H3/t11?,14-/m0/s1. The predicted octanol–water partition coefficient (Wildman–Crippen LogP) is 2.55. The summed E-state index contributed by atoms with van der Waals surface area (Å²) in [4.78, 5) is 11.7. The summed E-state index contributed by atoms with van der Waals surface area (Å²) in [6, 6.07) is 4.92. The molecule has 2 atom stereocenters. The molecule has 19 heavy (non-hydrogen) atoms. The summed E-state index contributed by atoms with van der Waals surface area (Å²) in [6.45, 7) is 7.80. The number of methoxy groups -OCH3 is 1. The molecule has 1 aromatic rings. The zero-order valence-electron chi connectivity index (χ0n) is 12.2. The molecule has 1 rings (SSSR count). The molecule has 0 aliphatic rings. The lowest BCUT2D eigenvalue weighted by Crippen LogP contribution is -2.43. The summed E-state index contributed by atoms with van der Waals surface area (Å²) < 4.78 is 4.80. The van der Waals surface area contributed by atoms with E-state index in [0.29, 0.717) is 0 Å². The topological polar surface area (TPSA) is 58.6 Å². The van der Waals surface area contributed by atoms with Crippen LogP contribution in [0, 0.1) is 12.8 Å². The summed E-state index contributed by atoms with van der Waals surface area (Å²) in [7, 11) is 1.38. The molecule has 0 spiro atoms. The average molecular weight is 265 g/mol. The van der Waals surface area contributed by atoms with E-state index in [9.17, 15) is 9.90 Å². The molecule has 0 saturated heterocycles. The number of hydrogen-bond acceptors (Lipinski definition) is 4. The monoisotopic (exact) mass is 265 g/mol. The van der Waals surface area contributed by atoms with Gasteiger partial charge in [0.15, 0.2) is 0 Å². The molecule has 4 nitrogen and oxygen atoms in total. The van der Waals surface area contributed by atoms with Gasteiger partial charge in [-0.25, -0.2) is 0 Å². The molecule has 106 valence electrons. The van der Waals surface area contributed by atoms with E-state index in [4.69, 9.17) is 4.74 Å². The van der Waals surface area contributed by atoms with Crippen LogP contribution in [0.3, 0.4) is 0 Å². The number of rotatable bonds is 5. The van der Waals surface area contributed by atoms with Gasteiger partial charge in [0.05, 0.1) is 7.11 Å². The van der Waals surface area contributed by atoms with Crippen molar-refractivity contribution < 1.29 is 14.6 Å². The number of aryl methyl sites for hydroxylation is 1. The van der Waals surface area contributed by atoms with Crippen molar-refractivity contribution in [2.75, 3.05) is 7.11 Å². The maximum Gasteiger partial charge on any atom is 0.323 e. The Morgan fingerprint density at radius 1 is 1.32 bits per heavy atom. The van der Waals surface area contributed by atoms with Crippen molar-refractivity contribution >= 4 is 5.97 Å². The third-order valence-corrected chi connectivity index (χ3v) is 3.20. The van der Waals surface area contributed by atoms with Crippen molar-refractivity contribution in [3.05, 3.63) is 29.3 Å². The van der Waals surface area contributed by atoms with Crippen molar-refractivity contribution in [3.63, 3.8) is 0 Å². The van der Waals surface area contributed by atoms with Gasteiger partial charge in [-0.3, -0.25) is 10.1 Å². The number of benzene rings is 1. The van der Waals surface area contributed by atoms with E-state index < -0.39 is 0 Å². The van der Waals surface area contributed by atoms with Gasteiger partial charge in [-0.05, 0) is 25.8 Å². The maximum absolute atomic E-state index is 11.7. The number of hydrogen-bond donors (Lipinski definition) is 2. The van der Waals surface area contributed by atoms with Gasteiger partial charge < -0.3 is 9.84 Å². The van der Waals surface area contributed by atoms with Gasteiger partial charge in [0.1, 0.15) is 11.8 Å². The van der Waals surface area contributed by atoms with Crippen LogP contribution < -0.4 is 5.32 Å². The smallest absolute Gasteiger partial charge is 0.323 e. The molecule has 0 aliphatic carbocycles. The van der Waals surface area contributed by atoms with E-state index in [1.54, 1.807) is 6.07 Å². The summed E-state index contributed by atoms with van der Waals surface area (Å²) in [6.07, 6.45) is 0. The Balaban J connectivity index is 2.90. The van der Waals surface area contributed by atoms with Crippen molar-refractivity contribution in [3.8, 4) is 5.75 Å². The van der Waals surface area contributed by atoms with Gasteiger partial charge in [-0.2, -0.15) is 0 Å². The Kier molecular flexibility index (Phi) is 5.36. The second kappa shape index (κ2) is 6.57. The van der Waals surface area contributed by atoms with Crippen LogP contribution in [0.4, 0.5) is 0 Å². The number of phenols is 1. The summed E-state index contributed by atoms with van der Waals surface area (Å²) in [5.74, 6) is 0.0637. The molecular formula is C15H23NO3. The van der Waals surface area contributed by atoms with E-state index >= 15 is 0 Å². The summed E-state index contributed by atoms with van der Waals surface area (Å²) >= 11 is 0. The van der Waals surface area contributed by atoms with Crippen LogP contribution in [0.1, 0.15) is 37.9 Å². The second-order valence-corrected chi connectivity index (χ2v) is 5.20. The summed E-state index contributed by atoms with van der Waals surface area (Å²) in [5.41, 5.74) is 1.86. The van der Waals surface area contributed by atoms with Crippen LogP contribution in [0.5, 0.6) is 5.75 Å². The number of phenolic OH excluding ortho intramolecular Hbond substituents is 1. The molecule has 2 N–H and O–H groups in total. The van der Waals surface area contributed by atoms with Crippen molar-refractivity contribution in [1.29, 1.82) is 0 Å². The van der Waals surface area contributed by atoms with Gasteiger partial charge in [-0.15, -0.1) is 0 Å². The van der Waals surface area contributed by atoms with E-state index in [2.05, 4.69) is 5.32 Å². The molecular weight excluding hydrogens is 242 g/mol. The molecule has 1 unspecified atom stereocenters. The van der Waals surface area contributed by atoms with E-state index in [1.165, 1.54) is 7.11 Å². The van der Waals surface area contributed by atoms with Crippen LogP contribution in [0.2, 0.25) is 0 Å². The first-order valence-electron chi connectivity index (χ1n) is 6.50. The highest BCUT2D eigenvalue weighted by molar-refractivity contribution is 5.76. The van der Waals surface area contributed by atoms with Crippen molar-refractivity contribution in [2.24, 2.45) is 5.92 Å². The fourth-order valence-electron chi connectivity index (χ4n) is 2.04. The number of ether oxygens (including phenoxy) is 1. The first-order chi connectivity index (χ1) is 8.86. The van der Waals surface area contributed by atoms with Gasteiger partial charge in [0, 0.05) is 11.6 Å². The van der Waals surface area contributed by atoms with Gasteiger partial charge in [-0.1, -0.05) is 31.5 Å². The number of aromatic hydroxyl groups is 1. The normalized spacial score (nSPS) is 14.2. The van der Waals surface area contributed by atoms with Crippen LogP contribution in [0.25, 0.3) is 0 Å². The summed E-state index contributed by atoms with van der Waals surface area (Å²) in [5, 5.41) is 13.1. The fraction of sp³-hybridized carbons (Fsp3) is 0.533. The SMILES string of the molecule is COC(=O)[C@@H](NC(C)c1cc(C)ccc1O)C(C)C. The van der Waals surface area contributed by atoms with Crippen LogP contribution in [-0.4, -0.2) is 24.2 Å². The Morgan fingerprint density at radius 3 is 2.47 bits per heavy atom. The van der Waals surface area contributed by atoms with Crippen LogP contribution >= 0.6 is 0 Å². The lowest BCUT2D eigenvalue weighted by atomic mass is 9.99. The molecule has 0 heterocycles. The van der Waals surface area contributed by atoms with Gasteiger partial charge in [0.2, 0.25) is 0 Å². The minimum absolute atomic E-state index is 0.113. The van der Waals surface area contributed by atoms with Crippen LogP contribution in [0.15, 0.2) is 18.2 Å². The predicted molar refractivity (Wildman–Crippen MR) is 75.0 cm³/mol. The van der Waals surface area contributed by atoms with E-state index in [1.807, 2.05) is 39.8 Å². The van der Waals surface area contributed by atoms with Crippen molar-refractivity contribution in [1.82, 2.24) is 5.32 Å². The average Bonchev–Trinajstić information content (AvgIpc) is 2.37. The second-order valence-electron chi connectivity index (χ2n) is 5.20. The largest absolute Gasteiger partial charge is 0.508 e. The highest BCUT2D eigenvalue weighted by atomic mass is 16.5. The minimum Gasteiger partial charge on any atom is -0.508 e. The Labute approximate surface area is 114 Å². The number of carbonyl (C=O) groups is 1. The Morgan fingerprint density at radius 2 is 1.95 bits per heavy atom. The quantitative estimate of drug-likeness (QED) is 0.803. The molecule has 0 radical (unpaired) electrons. The maximum atomic E-state index is 11.7. The minimum atomic E-state index is -0.389. The molecule has 0 bridgehead atoms. The molecule has 0 aromatic heterocycles. The molecule has 4 heteroatoms. The number of carbonyl (C=O) groups excluding carboxylic acids is 1. The molecule has 1 aromatic carbocycles. The van der Waals surface area contributed by atoms with E-state index in [-0.39, 0.29) is 29.7 Å². The van der Waals surface area contributed by atoms with Crippen LogP contribution in [-0.2, 0) is 9.53 Å².